The lowest BCUT2D eigenvalue weighted by Gasteiger charge is -2.16. The third-order valence-electron chi connectivity index (χ3n) is 1.78. The van der Waals surface area contributed by atoms with Crippen LogP contribution in [-0.4, -0.2) is 31.7 Å². The van der Waals surface area contributed by atoms with Crippen molar-refractivity contribution < 1.29 is 18.3 Å². The zero-order valence-electron chi connectivity index (χ0n) is 6.35. The van der Waals surface area contributed by atoms with E-state index in [2.05, 4.69) is 15.8 Å². The van der Waals surface area contributed by atoms with Crippen LogP contribution in [0.5, 0.6) is 0 Å². The average Bonchev–Trinajstić information content (AvgIpc) is 2.25. The molecular formula is C6H10F2N2O2. The summed E-state index contributed by atoms with van der Waals surface area (Å²) in [6.07, 6.45) is -1.02. The molecule has 4 nitrogen and oxygen atoms in total. The van der Waals surface area contributed by atoms with Crippen molar-refractivity contribution in [3.8, 4) is 0 Å². The number of carbonyl (C=O) groups excluding carboxylic acids is 1. The minimum absolute atomic E-state index is 0.153. The van der Waals surface area contributed by atoms with E-state index >= 15 is 0 Å². The molecule has 0 saturated carbocycles. The van der Waals surface area contributed by atoms with Crippen LogP contribution >= 0.6 is 0 Å². The third kappa shape index (κ3) is 2.04. The van der Waals surface area contributed by atoms with E-state index in [-0.39, 0.29) is 19.7 Å². The van der Waals surface area contributed by atoms with E-state index in [9.17, 15) is 13.6 Å². The van der Waals surface area contributed by atoms with Crippen LogP contribution in [0.25, 0.3) is 0 Å². The van der Waals surface area contributed by atoms with Gasteiger partial charge in [0.2, 0.25) is 0 Å². The molecule has 0 aromatic carbocycles. The second kappa shape index (κ2) is 3.22. The molecule has 0 aliphatic carbocycles. The predicted molar refractivity (Wildman–Crippen MR) is 36.8 cm³/mol. The van der Waals surface area contributed by atoms with Crippen molar-refractivity contribution >= 4 is 6.09 Å². The molecule has 0 spiro atoms. The Morgan fingerprint density at radius 3 is 2.83 bits per heavy atom. The summed E-state index contributed by atoms with van der Waals surface area (Å²) in [6, 6.07) is 0. The molecule has 1 fully saturated rings. The maximum atomic E-state index is 12.8. The highest BCUT2D eigenvalue weighted by Gasteiger charge is 2.44. The fourth-order valence-corrected chi connectivity index (χ4v) is 1.07. The molecule has 1 saturated heterocycles. The van der Waals surface area contributed by atoms with Gasteiger partial charge in [-0.15, -0.1) is 0 Å². The lowest BCUT2D eigenvalue weighted by Crippen LogP contribution is -2.32. The number of hydrogen-bond donors (Lipinski definition) is 2. The van der Waals surface area contributed by atoms with E-state index in [1.807, 2.05) is 0 Å². The minimum Gasteiger partial charge on any atom is -0.449 e. The van der Waals surface area contributed by atoms with Crippen LogP contribution in [0, 0.1) is 5.92 Å². The molecule has 1 atom stereocenters. The fraction of sp³-hybridized carbons (Fsp3) is 0.833. The lowest BCUT2D eigenvalue weighted by atomic mass is 10.1. The summed E-state index contributed by atoms with van der Waals surface area (Å²) in [6.45, 7) is -0.532. The summed E-state index contributed by atoms with van der Waals surface area (Å²) in [7, 11) is 0. The molecule has 1 amide bonds. The quantitative estimate of drug-likeness (QED) is 0.625. The van der Waals surface area contributed by atoms with Crippen LogP contribution in [0.15, 0.2) is 0 Å². The first-order valence-corrected chi connectivity index (χ1v) is 3.53. The molecule has 1 aliphatic heterocycles. The smallest absolute Gasteiger partial charge is 0.404 e. The molecule has 3 N–H and O–H groups in total. The van der Waals surface area contributed by atoms with Crippen molar-refractivity contribution in [3.63, 3.8) is 0 Å². The normalized spacial score (nSPS) is 27.0. The first-order chi connectivity index (χ1) is 5.52. The number of halogens is 2. The summed E-state index contributed by atoms with van der Waals surface area (Å²) in [5.41, 5.74) is 4.63. The van der Waals surface area contributed by atoms with E-state index in [4.69, 9.17) is 0 Å². The van der Waals surface area contributed by atoms with Gasteiger partial charge in [-0.25, -0.2) is 13.6 Å². The molecule has 0 bridgehead atoms. The Balaban J connectivity index is 2.36. The van der Waals surface area contributed by atoms with Gasteiger partial charge in [0.25, 0.3) is 5.92 Å². The van der Waals surface area contributed by atoms with Gasteiger partial charge in [0.15, 0.2) is 0 Å². The highest BCUT2D eigenvalue weighted by atomic mass is 19.3. The monoisotopic (exact) mass is 180 g/mol. The van der Waals surface area contributed by atoms with Crippen molar-refractivity contribution in [1.82, 2.24) is 5.32 Å². The Hall–Kier alpha value is -0.910. The molecule has 1 rings (SSSR count). The van der Waals surface area contributed by atoms with Crippen molar-refractivity contribution in [2.45, 2.75) is 5.92 Å². The van der Waals surface area contributed by atoms with Gasteiger partial charge in [0.1, 0.15) is 6.61 Å². The van der Waals surface area contributed by atoms with Gasteiger partial charge < -0.3 is 15.8 Å². The number of rotatable bonds is 2. The predicted octanol–water partition coefficient (Wildman–Crippen LogP) is -0.0636. The Morgan fingerprint density at radius 1 is 1.75 bits per heavy atom. The summed E-state index contributed by atoms with van der Waals surface area (Å²) in [5, 5.41) is 2.50. The number of primary amides is 1. The van der Waals surface area contributed by atoms with Crippen molar-refractivity contribution in [2.75, 3.05) is 19.7 Å². The molecule has 1 heterocycles. The molecule has 6 heteroatoms. The topological polar surface area (TPSA) is 64.4 Å². The number of nitrogens with one attached hydrogen (secondary N) is 1. The number of amides is 1. The SMILES string of the molecule is NC(=O)OCC1CNCC1(F)F. The van der Waals surface area contributed by atoms with Crippen molar-refractivity contribution in [2.24, 2.45) is 11.7 Å². The molecular weight excluding hydrogens is 170 g/mol. The molecule has 1 aliphatic rings. The number of hydrogen-bond acceptors (Lipinski definition) is 3. The second-order valence-electron chi connectivity index (χ2n) is 2.72. The van der Waals surface area contributed by atoms with Gasteiger partial charge in [0.05, 0.1) is 12.5 Å². The summed E-state index contributed by atoms with van der Waals surface area (Å²) >= 11 is 0. The molecule has 0 aromatic heterocycles. The largest absolute Gasteiger partial charge is 0.449 e. The Bertz CT molecular complexity index is 186. The van der Waals surface area contributed by atoms with Crippen LogP contribution in [0.2, 0.25) is 0 Å². The Labute approximate surface area is 68.1 Å². The summed E-state index contributed by atoms with van der Waals surface area (Å²) in [4.78, 5) is 10.1. The molecule has 0 aromatic rings. The average molecular weight is 180 g/mol. The van der Waals surface area contributed by atoms with Crippen LogP contribution in [0.1, 0.15) is 0 Å². The second-order valence-corrected chi connectivity index (χ2v) is 2.72. The molecule has 1 unspecified atom stereocenters. The first kappa shape index (κ1) is 9.18. The van der Waals surface area contributed by atoms with Gasteiger partial charge in [-0.2, -0.15) is 0 Å². The van der Waals surface area contributed by atoms with Crippen molar-refractivity contribution in [1.29, 1.82) is 0 Å². The Morgan fingerprint density at radius 2 is 2.42 bits per heavy atom. The van der Waals surface area contributed by atoms with E-state index in [0.29, 0.717) is 0 Å². The Kier molecular flexibility index (Phi) is 2.46. The lowest BCUT2D eigenvalue weighted by molar-refractivity contribution is -0.0413. The highest BCUT2D eigenvalue weighted by molar-refractivity contribution is 5.64. The van der Waals surface area contributed by atoms with Crippen LogP contribution in [0.4, 0.5) is 13.6 Å². The summed E-state index contributed by atoms with van der Waals surface area (Å²) in [5.74, 6) is -3.75. The van der Waals surface area contributed by atoms with Crippen LogP contribution < -0.4 is 11.1 Å². The van der Waals surface area contributed by atoms with E-state index < -0.39 is 17.9 Å². The van der Waals surface area contributed by atoms with E-state index in [1.165, 1.54) is 0 Å². The fourth-order valence-electron chi connectivity index (χ4n) is 1.07. The zero-order chi connectivity index (χ0) is 9.19. The third-order valence-corrected chi connectivity index (χ3v) is 1.78. The maximum absolute atomic E-state index is 12.8. The van der Waals surface area contributed by atoms with Crippen LogP contribution in [-0.2, 0) is 4.74 Å². The van der Waals surface area contributed by atoms with Gasteiger partial charge >= 0.3 is 6.09 Å². The molecule has 12 heavy (non-hydrogen) atoms. The number of alkyl halides is 2. The van der Waals surface area contributed by atoms with Gasteiger partial charge in [0, 0.05) is 6.54 Å². The standard InChI is InChI=1S/C6H10F2N2O2/c7-6(8)3-10-1-4(6)2-12-5(9)11/h4,10H,1-3H2,(H2,9,11). The van der Waals surface area contributed by atoms with Crippen molar-refractivity contribution in [3.05, 3.63) is 0 Å². The van der Waals surface area contributed by atoms with Crippen LogP contribution in [0.3, 0.4) is 0 Å². The minimum atomic E-state index is -2.80. The van der Waals surface area contributed by atoms with Gasteiger partial charge in [-0.3, -0.25) is 0 Å². The summed E-state index contributed by atoms with van der Waals surface area (Å²) < 4.78 is 29.8. The number of carbonyl (C=O) groups is 1. The maximum Gasteiger partial charge on any atom is 0.404 e. The van der Waals surface area contributed by atoms with E-state index in [0.717, 1.165) is 0 Å². The molecule has 70 valence electrons. The zero-order valence-corrected chi connectivity index (χ0v) is 6.35. The first-order valence-electron chi connectivity index (χ1n) is 3.53. The van der Waals surface area contributed by atoms with Gasteiger partial charge in [-0.1, -0.05) is 0 Å². The highest BCUT2D eigenvalue weighted by Crippen LogP contribution is 2.27. The number of ether oxygens (including phenoxy) is 1. The molecule has 0 radical (unpaired) electrons. The van der Waals surface area contributed by atoms with Gasteiger partial charge in [-0.05, 0) is 0 Å². The number of nitrogens with two attached hydrogens (primary N) is 1. The van der Waals surface area contributed by atoms with E-state index in [1.54, 1.807) is 0 Å².